The van der Waals surface area contributed by atoms with E-state index in [1.54, 1.807) is 18.1 Å². The van der Waals surface area contributed by atoms with Crippen molar-refractivity contribution in [2.75, 3.05) is 11.9 Å². The molecule has 118 valence electrons. The lowest BCUT2D eigenvalue weighted by atomic mass is 10.1. The average molecular weight is 312 g/mol. The third-order valence-electron chi connectivity index (χ3n) is 3.81. The molecule has 0 unspecified atom stereocenters. The van der Waals surface area contributed by atoms with E-state index in [1.165, 1.54) is 0 Å². The number of hydrogen-bond acceptors (Lipinski definition) is 4. The normalized spacial score (nSPS) is 12.2. The van der Waals surface area contributed by atoms with Crippen LogP contribution in [0.15, 0.2) is 36.5 Å². The number of carbonyl (C=O) groups is 2. The smallest absolute Gasteiger partial charge is 0.326 e. The molecule has 2 heterocycles. The maximum atomic E-state index is 11.6. The molecule has 0 aliphatic carbocycles. The zero-order chi connectivity index (χ0) is 16.4. The van der Waals surface area contributed by atoms with Crippen LogP contribution in [0.1, 0.15) is 16.3 Å². The highest BCUT2D eigenvalue weighted by atomic mass is 16.4. The van der Waals surface area contributed by atoms with Gasteiger partial charge in [-0.05, 0) is 12.1 Å². The lowest BCUT2D eigenvalue weighted by molar-refractivity contribution is -0.138. The maximum absolute atomic E-state index is 11.6. The Morgan fingerprint density at radius 2 is 2.22 bits per heavy atom. The van der Waals surface area contributed by atoms with E-state index in [2.05, 4.69) is 15.0 Å². The SMILES string of the molecule is CN(c1cc2ccccc2[nH]1)[C@@H](Cc1c[nH]c(C=O)n1)C(=O)O. The summed E-state index contributed by atoms with van der Waals surface area (Å²) < 4.78 is 0. The van der Waals surface area contributed by atoms with Crippen LogP contribution in [-0.4, -0.2) is 45.4 Å². The van der Waals surface area contributed by atoms with Crippen molar-refractivity contribution in [1.29, 1.82) is 0 Å². The summed E-state index contributed by atoms with van der Waals surface area (Å²) in [6.07, 6.45) is 2.34. The van der Waals surface area contributed by atoms with Gasteiger partial charge in [0.15, 0.2) is 12.1 Å². The first-order valence-corrected chi connectivity index (χ1v) is 7.11. The van der Waals surface area contributed by atoms with Gasteiger partial charge in [0.2, 0.25) is 0 Å². The van der Waals surface area contributed by atoms with E-state index >= 15 is 0 Å². The fraction of sp³-hybridized carbons (Fsp3) is 0.188. The standard InChI is InChI=1S/C16H16N4O3/c1-20(15-6-10-4-2-3-5-12(10)19-15)13(16(22)23)7-11-8-17-14(9-21)18-11/h2-6,8-9,13,19H,7H2,1H3,(H,17,18)(H,22,23)/t13-/m0/s1. The quantitative estimate of drug-likeness (QED) is 0.603. The number of nitrogens with zero attached hydrogens (tertiary/aromatic N) is 2. The number of aromatic nitrogens is 3. The van der Waals surface area contributed by atoms with Crippen molar-refractivity contribution in [1.82, 2.24) is 15.0 Å². The van der Waals surface area contributed by atoms with Gasteiger partial charge in [-0.15, -0.1) is 0 Å². The summed E-state index contributed by atoms with van der Waals surface area (Å²) in [5.74, 6) is -0.0519. The number of benzene rings is 1. The minimum atomic E-state index is -0.957. The molecule has 3 aromatic rings. The number of aliphatic carboxylic acids is 1. The number of nitrogens with one attached hydrogen (secondary N) is 2. The number of rotatable bonds is 6. The number of hydrogen-bond donors (Lipinski definition) is 3. The maximum Gasteiger partial charge on any atom is 0.326 e. The summed E-state index contributed by atoms with van der Waals surface area (Å²) in [6, 6.07) is 8.86. The van der Waals surface area contributed by atoms with Crippen LogP contribution in [0.25, 0.3) is 10.9 Å². The van der Waals surface area contributed by atoms with E-state index in [1.807, 2.05) is 30.3 Å². The summed E-state index contributed by atoms with van der Waals surface area (Å²) in [4.78, 5) is 33.9. The van der Waals surface area contributed by atoms with E-state index in [-0.39, 0.29) is 12.2 Å². The topological polar surface area (TPSA) is 102 Å². The summed E-state index contributed by atoms with van der Waals surface area (Å²) in [5.41, 5.74) is 1.48. The number of aldehydes is 1. The summed E-state index contributed by atoms with van der Waals surface area (Å²) in [7, 11) is 1.72. The molecular weight excluding hydrogens is 296 g/mol. The van der Waals surface area contributed by atoms with Crippen LogP contribution in [0.4, 0.5) is 5.82 Å². The predicted molar refractivity (Wildman–Crippen MR) is 85.8 cm³/mol. The second-order valence-corrected chi connectivity index (χ2v) is 5.31. The first kappa shape index (κ1) is 14.8. The van der Waals surface area contributed by atoms with Crippen molar-refractivity contribution < 1.29 is 14.7 Å². The molecule has 0 amide bonds. The molecule has 0 aliphatic rings. The van der Waals surface area contributed by atoms with Crippen molar-refractivity contribution in [2.45, 2.75) is 12.5 Å². The number of carboxylic acids is 1. The van der Waals surface area contributed by atoms with Gasteiger partial charge in [-0.1, -0.05) is 18.2 Å². The molecule has 1 atom stereocenters. The van der Waals surface area contributed by atoms with Gasteiger partial charge in [0, 0.05) is 30.6 Å². The monoisotopic (exact) mass is 312 g/mol. The van der Waals surface area contributed by atoms with Crippen molar-refractivity contribution in [3.8, 4) is 0 Å². The van der Waals surface area contributed by atoms with Gasteiger partial charge >= 0.3 is 5.97 Å². The van der Waals surface area contributed by atoms with E-state index < -0.39 is 12.0 Å². The number of fused-ring (bicyclic) bond motifs is 1. The molecular formula is C16H16N4O3. The van der Waals surface area contributed by atoms with E-state index in [0.717, 1.165) is 10.9 Å². The highest BCUT2D eigenvalue weighted by Crippen LogP contribution is 2.23. The van der Waals surface area contributed by atoms with Crippen molar-refractivity contribution in [3.63, 3.8) is 0 Å². The lowest BCUT2D eigenvalue weighted by Gasteiger charge is -2.24. The molecule has 23 heavy (non-hydrogen) atoms. The van der Waals surface area contributed by atoms with Crippen LogP contribution in [0.5, 0.6) is 0 Å². The zero-order valence-electron chi connectivity index (χ0n) is 12.5. The zero-order valence-corrected chi connectivity index (χ0v) is 12.5. The summed E-state index contributed by atoms with van der Waals surface area (Å²) in [6.45, 7) is 0. The highest BCUT2D eigenvalue weighted by Gasteiger charge is 2.25. The van der Waals surface area contributed by atoms with Crippen LogP contribution in [-0.2, 0) is 11.2 Å². The molecule has 2 aromatic heterocycles. The Morgan fingerprint density at radius 3 is 2.87 bits per heavy atom. The van der Waals surface area contributed by atoms with E-state index in [9.17, 15) is 14.7 Å². The molecule has 0 saturated heterocycles. The summed E-state index contributed by atoms with van der Waals surface area (Å²) >= 11 is 0. The predicted octanol–water partition coefficient (Wildman–Crippen LogP) is 1.84. The molecule has 0 saturated carbocycles. The van der Waals surface area contributed by atoms with Gasteiger partial charge in [-0.2, -0.15) is 0 Å². The first-order valence-electron chi connectivity index (χ1n) is 7.11. The van der Waals surface area contributed by atoms with E-state index in [0.29, 0.717) is 17.8 Å². The number of para-hydroxylation sites is 1. The van der Waals surface area contributed by atoms with Crippen molar-refractivity contribution in [2.24, 2.45) is 0 Å². The van der Waals surface area contributed by atoms with Crippen LogP contribution < -0.4 is 4.90 Å². The van der Waals surface area contributed by atoms with Crippen molar-refractivity contribution >= 4 is 29.0 Å². The van der Waals surface area contributed by atoms with Gasteiger partial charge in [0.05, 0.1) is 5.69 Å². The molecule has 0 aliphatic heterocycles. The largest absolute Gasteiger partial charge is 0.480 e. The molecule has 3 rings (SSSR count). The third-order valence-corrected chi connectivity index (χ3v) is 3.81. The minimum absolute atomic E-state index is 0.186. The Hall–Kier alpha value is -3.09. The molecule has 3 N–H and O–H groups in total. The number of H-pyrrole nitrogens is 2. The van der Waals surface area contributed by atoms with Crippen LogP contribution in [0.2, 0.25) is 0 Å². The Morgan fingerprint density at radius 1 is 1.43 bits per heavy atom. The fourth-order valence-corrected chi connectivity index (χ4v) is 2.55. The number of imidazole rings is 1. The van der Waals surface area contributed by atoms with Gasteiger partial charge in [0.25, 0.3) is 0 Å². The number of carboxylic acid groups (broad SMARTS) is 1. The van der Waals surface area contributed by atoms with Crippen molar-refractivity contribution in [3.05, 3.63) is 48.0 Å². The molecule has 1 aromatic carbocycles. The fourth-order valence-electron chi connectivity index (χ4n) is 2.55. The average Bonchev–Trinajstić information content (AvgIpc) is 3.17. The Kier molecular flexibility index (Phi) is 3.84. The molecule has 0 radical (unpaired) electrons. The van der Waals surface area contributed by atoms with E-state index in [4.69, 9.17) is 0 Å². The molecule has 0 spiro atoms. The third kappa shape index (κ3) is 2.94. The second kappa shape index (κ2) is 5.96. The highest BCUT2D eigenvalue weighted by molar-refractivity contribution is 5.86. The number of likely N-dealkylation sites (N-methyl/N-ethyl adjacent to an activating group) is 1. The second-order valence-electron chi connectivity index (χ2n) is 5.31. The molecule has 7 nitrogen and oxygen atoms in total. The summed E-state index contributed by atoms with van der Waals surface area (Å²) in [5, 5.41) is 10.6. The van der Waals surface area contributed by atoms with Gasteiger partial charge in [-0.25, -0.2) is 9.78 Å². The van der Waals surface area contributed by atoms with Crippen LogP contribution in [0, 0.1) is 0 Å². The molecule has 0 bridgehead atoms. The van der Waals surface area contributed by atoms with Gasteiger partial charge in [0.1, 0.15) is 11.9 Å². The Balaban J connectivity index is 1.87. The van der Waals surface area contributed by atoms with Gasteiger partial charge in [-0.3, -0.25) is 4.79 Å². The van der Waals surface area contributed by atoms with Crippen LogP contribution in [0.3, 0.4) is 0 Å². The minimum Gasteiger partial charge on any atom is -0.480 e. The number of carbonyl (C=O) groups excluding carboxylic acids is 1. The molecule has 7 heteroatoms. The Labute approximate surface area is 132 Å². The first-order chi connectivity index (χ1) is 11.1. The number of aromatic amines is 2. The van der Waals surface area contributed by atoms with Gasteiger partial charge < -0.3 is 20.0 Å². The Bertz CT molecular complexity index is 819. The lowest BCUT2D eigenvalue weighted by Crippen LogP contribution is -2.40. The molecule has 0 fully saturated rings. The van der Waals surface area contributed by atoms with Crippen LogP contribution >= 0.6 is 0 Å². The number of anilines is 1.